The van der Waals surface area contributed by atoms with Crippen molar-refractivity contribution in [2.24, 2.45) is 0 Å². The Labute approximate surface area is 88.2 Å². The summed E-state index contributed by atoms with van der Waals surface area (Å²) in [5.41, 5.74) is 0. The van der Waals surface area contributed by atoms with E-state index in [0.29, 0.717) is 0 Å². The van der Waals surface area contributed by atoms with Crippen molar-refractivity contribution in [1.82, 2.24) is 0 Å². The summed E-state index contributed by atoms with van der Waals surface area (Å²) in [7, 11) is 0. The Kier molecular flexibility index (Phi) is 112. The number of halogens is 1. The monoisotopic (exact) mass is 182 g/mol. The van der Waals surface area contributed by atoms with E-state index in [9.17, 15) is 0 Å². The van der Waals surface area contributed by atoms with Crippen LogP contribution in [0, 0.1) is 0 Å². The van der Waals surface area contributed by atoms with Crippen LogP contribution in [0.4, 0.5) is 4.70 Å². The zero-order chi connectivity index (χ0) is 5.41. The normalized spacial score (nSPS) is 2.00. The molecule has 0 rings (SSSR count). The molecule has 8 heteroatoms. The fourth-order valence-corrected chi connectivity index (χ4v) is 0. The number of rotatable bonds is 0. The molecule has 0 radical (unpaired) electrons. The molecular formula is H5Al2CaFO4. The van der Waals surface area contributed by atoms with E-state index in [2.05, 4.69) is 0 Å². The Morgan fingerprint density at radius 2 is 1.00 bits per heavy atom. The Hall–Kier alpha value is 1.45. The van der Waals surface area contributed by atoms with Gasteiger partial charge in [0.15, 0.2) is 0 Å². The maximum absolute atomic E-state index is 8.57. The molecule has 4 nitrogen and oxygen atoms in total. The summed E-state index contributed by atoms with van der Waals surface area (Å²) in [4.78, 5) is 0. The second kappa shape index (κ2) is 39.4. The Bertz CT molecular complexity index is 35.0. The molecule has 0 spiro atoms. The molecule has 0 heterocycles. The summed E-state index contributed by atoms with van der Waals surface area (Å²) in [6, 6.07) is 0. The Morgan fingerprint density at radius 1 is 1.00 bits per heavy atom. The van der Waals surface area contributed by atoms with Crippen LogP contribution < -0.4 is 0 Å². The van der Waals surface area contributed by atoms with Gasteiger partial charge in [0.25, 0.3) is 0 Å². The van der Waals surface area contributed by atoms with E-state index in [1.807, 2.05) is 0 Å². The summed E-state index contributed by atoms with van der Waals surface area (Å²) in [6.07, 6.45) is 0. The minimum absolute atomic E-state index is 0. The zero-order valence-electron chi connectivity index (χ0n) is 3.27. The van der Waals surface area contributed by atoms with Crippen LogP contribution in [0.3, 0.4) is 0 Å². The molecule has 8 heavy (non-hydrogen) atoms. The number of hydrogen-bond acceptors (Lipinski definition) is 2. The van der Waals surface area contributed by atoms with Crippen molar-refractivity contribution in [3.8, 4) is 0 Å². The van der Waals surface area contributed by atoms with Gasteiger partial charge in [-0.15, -0.1) is 0 Å². The first kappa shape index (κ1) is 22.7. The Balaban J connectivity index is -0.0000000160. The summed E-state index contributed by atoms with van der Waals surface area (Å²) in [5.74, 6) is 0. The maximum atomic E-state index is 8.57. The van der Waals surface area contributed by atoms with Gasteiger partial charge in [-0.2, -0.15) is 0 Å². The van der Waals surface area contributed by atoms with Crippen molar-refractivity contribution in [3.05, 3.63) is 0 Å². The molecule has 0 aromatic rings. The molecule has 0 aliphatic rings. The third-order valence-electron chi connectivity index (χ3n) is 0. The molecule has 44 valence electrons. The quantitative estimate of drug-likeness (QED) is 0.395. The van der Waals surface area contributed by atoms with E-state index in [0.717, 1.165) is 0 Å². The average molecular weight is 182 g/mol. The average Bonchev–Trinajstić information content (AvgIpc) is 1.39. The van der Waals surface area contributed by atoms with Gasteiger partial charge < -0.3 is 0 Å². The first-order chi connectivity index (χ1) is 2.83. The molecule has 0 aromatic heterocycles. The summed E-state index contributed by atoms with van der Waals surface area (Å²) in [5, 5.41) is 0. The SMILES string of the molecule is F.[CaH2].[O]=[Al][OH].[O]=[Al][OH]. The van der Waals surface area contributed by atoms with Gasteiger partial charge in [0.05, 0.1) is 0 Å². The van der Waals surface area contributed by atoms with Gasteiger partial charge >= 0.3 is 84.6 Å². The van der Waals surface area contributed by atoms with Gasteiger partial charge in [-0.05, 0) is 0 Å². The topological polar surface area (TPSA) is 74.6 Å². The molecule has 0 bridgehead atoms. The predicted octanol–water partition coefficient (Wildman–Crippen LogP) is -2.88. The van der Waals surface area contributed by atoms with E-state index in [1.165, 1.54) is 0 Å². The van der Waals surface area contributed by atoms with E-state index in [4.69, 9.17) is 15.9 Å². The molecule has 0 amide bonds. The van der Waals surface area contributed by atoms with Gasteiger partial charge in [0.2, 0.25) is 0 Å². The van der Waals surface area contributed by atoms with Crippen molar-refractivity contribution < 1.29 is 20.6 Å². The van der Waals surface area contributed by atoms with Crippen molar-refractivity contribution >= 4 is 68.7 Å². The van der Waals surface area contributed by atoms with E-state index in [-0.39, 0.29) is 42.4 Å². The molecule has 2 N–H and O–H groups in total. The molecule has 0 saturated heterocycles. The van der Waals surface area contributed by atoms with E-state index < -0.39 is 31.0 Å². The molecule has 0 fully saturated rings. The Morgan fingerprint density at radius 3 is 1.00 bits per heavy atom. The fraction of sp³-hybridized carbons (Fsp3) is 0. The number of hydrogen-bond donors (Lipinski definition) is 2. The van der Waals surface area contributed by atoms with Crippen LogP contribution in [0.25, 0.3) is 0 Å². The third-order valence-corrected chi connectivity index (χ3v) is 0. The molecule has 0 aliphatic carbocycles. The standard InChI is InChI=1S/2Al.Ca.FH.2H2O.2O.2H/h;;;1H;2*1H2;;;;/q2*+1;;;;;;;;/p-2. The first-order valence-electron chi connectivity index (χ1n) is 0.988. The molecular weight excluding hydrogens is 177 g/mol. The fourth-order valence-electron chi connectivity index (χ4n) is 0. The van der Waals surface area contributed by atoms with E-state index in [1.54, 1.807) is 0 Å². The summed E-state index contributed by atoms with van der Waals surface area (Å²) < 4.78 is 31.3. The van der Waals surface area contributed by atoms with Gasteiger partial charge in [-0.1, -0.05) is 0 Å². The minimum atomic E-state index is -1.50. The van der Waals surface area contributed by atoms with Crippen LogP contribution in [0.15, 0.2) is 0 Å². The van der Waals surface area contributed by atoms with Crippen LogP contribution in [0.2, 0.25) is 0 Å². The van der Waals surface area contributed by atoms with Gasteiger partial charge in [-0.25, -0.2) is 0 Å². The van der Waals surface area contributed by atoms with Crippen molar-refractivity contribution in [3.63, 3.8) is 0 Å². The molecule has 0 unspecified atom stereocenters. The molecule has 0 saturated carbocycles. The molecule has 0 aliphatic heterocycles. The molecule has 0 aromatic carbocycles. The second-order valence-corrected chi connectivity index (χ2v) is 0.632. The van der Waals surface area contributed by atoms with Gasteiger partial charge in [0, 0.05) is 0 Å². The third kappa shape index (κ3) is 147. The first-order valence-corrected chi connectivity index (χ1v) is 2.96. The van der Waals surface area contributed by atoms with Crippen LogP contribution in [-0.2, 0) is 7.61 Å². The van der Waals surface area contributed by atoms with Crippen LogP contribution in [0.1, 0.15) is 0 Å². The van der Waals surface area contributed by atoms with Crippen molar-refractivity contribution in [1.29, 1.82) is 0 Å². The van der Waals surface area contributed by atoms with Crippen molar-refractivity contribution in [2.75, 3.05) is 0 Å². The summed E-state index contributed by atoms with van der Waals surface area (Å²) in [6.45, 7) is 0. The van der Waals surface area contributed by atoms with Gasteiger partial charge in [0.1, 0.15) is 0 Å². The van der Waals surface area contributed by atoms with Crippen LogP contribution in [0.5, 0.6) is 0 Å². The predicted molar refractivity (Wildman–Crippen MR) is 28.4 cm³/mol. The molecule has 0 atom stereocenters. The van der Waals surface area contributed by atoms with Crippen LogP contribution in [-0.4, -0.2) is 77.0 Å². The summed E-state index contributed by atoms with van der Waals surface area (Å²) >= 11 is -3.00. The van der Waals surface area contributed by atoms with E-state index >= 15 is 0 Å². The second-order valence-electron chi connectivity index (χ2n) is 0.211. The van der Waals surface area contributed by atoms with Crippen LogP contribution >= 0.6 is 0 Å². The van der Waals surface area contributed by atoms with Gasteiger partial charge in [-0.3, -0.25) is 4.70 Å². The zero-order valence-corrected chi connectivity index (χ0v) is 5.58. The van der Waals surface area contributed by atoms with Crippen molar-refractivity contribution in [2.45, 2.75) is 0 Å².